The molecule has 110 valence electrons. The van der Waals surface area contributed by atoms with E-state index in [9.17, 15) is 22.8 Å². The Morgan fingerprint density at radius 3 is 2.58 bits per heavy atom. The Morgan fingerprint density at radius 1 is 1.42 bits per heavy atom. The lowest BCUT2D eigenvalue weighted by Gasteiger charge is -2.32. The summed E-state index contributed by atoms with van der Waals surface area (Å²) in [5.74, 6) is -2.67. The van der Waals surface area contributed by atoms with E-state index in [1.165, 1.54) is 0 Å². The summed E-state index contributed by atoms with van der Waals surface area (Å²) in [6.45, 7) is 3.65. The first-order valence-electron chi connectivity index (χ1n) is 6.42. The zero-order chi connectivity index (χ0) is 14.6. The molecule has 1 saturated heterocycles. The van der Waals surface area contributed by atoms with Gasteiger partial charge in [0.1, 0.15) is 0 Å². The van der Waals surface area contributed by atoms with Gasteiger partial charge in [0.2, 0.25) is 5.91 Å². The van der Waals surface area contributed by atoms with E-state index in [0.717, 1.165) is 11.3 Å². The van der Waals surface area contributed by atoms with Gasteiger partial charge in [0, 0.05) is 19.1 Å². The minimum absolute atomic E-state index is 0.0128. The van der Waals surface area contributed by atoms with Crippen LogP contribution >= 0.6 is 0 Å². The number of likely N-dealkylation sites (tertiary alicyclic amines) is 1. The van der Waals surface area contributed by atoms with Crippen molar-refractivity contribution in [3.8, 4) is 0 Å². The normalized spacial score (nSPS) is 21.9. The van der Waals surface area contributed by atoms with Crippen LogP contribution in [0.25, 0.3) is 0 Å². The lowest BCUT2D eigenvalue weighted by Crippen LogP contribution is -2.50. The fraction of sp³-hybridized carbons (Fsp3) is 0.833. The Balaban J connectivity index is 2.60. The van der Waals surface area contributed by atoms with Crippen molar-refractivity contribution in [1.82, 2.24) is 10.2 Å². The fourth-order valence-corrected chi connectivity index (χ4v) is 2.02. The first kappa shape index (κ1) is 15.8. The Bertz CT molecular complexity index is 344. The third-order valence-electron chi connectivity index (χ3n) is 3.32. The second kappa shape index (κ2) is 6.25. The molecule has 0 spiro atoms. The number of hydrogen-bond donors (Lipinski definition) is 1. The maximum atomic E-state index is 12.3. The van der Waals surface area contributed by atoms with Crippen LogP contribution in [0.3, 0.4) is 0 Å². The lowest BCUT2D eigenvalue weighted by molar-refractivity contribution is -0.187. The molecule has 2 atom stereocenters. The highest BCUT2D eigenvalue weighted by Gasteiger charge is 2.44. The van der Waals surface area contributed by atoms with Gasteiger partial charge in [-0.05, 0) is 26.2 Å². The van der Waals surface area contributed by atoms with Crippen molar-refractivity contribution in [3.63, 3.8) is 0 Å². The van der Waals surface area contributed by atoms with Crippen molar-refractivity contribution in [2.75, 3.05) is 13.1 Å². The molecule has 19 heavy (non-hydrogen) atoms. The summed E-state index contributed by atoms with van der Waals surface area (Å²) in [5, 5.41) is 2.74. The van der Waals surface area contributed by atoms with E-state index in [4.69, 9.17) is 0 Å². The number of halogens is 3. The van der Waals surface area contributed by atoms with E-state index in [-0.39, 0.29) is 25.0 Å². The third-order valence-corrected chi connectivity index (χ3v) is 3.32. The Hall–Kier alpha value is -1.27. The maximum Gasteiger partial charge on any atom is 0.471 e. The molecule has 1 N–H and O–H groups in total. The predicted molar refractivity (Wildman–Crippen MR) is 63.3 cm³/mol. The number of amides is 2. The summed E-state index contributed by atoms with van der Waals surface area (Å²) in [5.41, 5.74) is 0. The van der Waals surface area contributed by atoms with Crippen molar-refractivity contribution in [3.05, 3.63) is 0 Å². The van der Waals surface area contributed by atoms with Gasteiger partial charge in [-0.2, -0.15) is 13.2 Å². The molecule has 1 heterocycles. The molecule has 0 saturated carbocycles. The highest BCUT2D eigenvalue weighted by molar-refractivity contribution is 5.84. The fourth-order valence-electron chi connectivity index (χ4n) is 2.02. The average Bonchev–Trinajstić information content (AvgIpc) is 2.36. The van der Waals surface area contributed by atoms with Crippen LogP contribution in [0.15, 0.2) is 0 Å². The van der Waals surface area contributed by atoms with Gasteiger partial charge in [0.05, 0.1) is 5.92 Å². The van der Waals surface area contributed by atoms with Crippen molar-refractivity contribution in [2.45, 2.75) is 45.3 Å². The number of nitrogens with one attached hydrogen (secondary N) is 1. The number of rotatable bonds is 3. The molecule has 0 radical (unpaired) electrons. The smallest absolute Gasteiger partial charge is 0.353 e. The van der Waals surface area contributed by atoms with Crippen molar-refractivity contribution in [1.29, 1.82) is 0 Å². The Morgan fingerprint density at radius 2 is 2.05 bits per heavy atom. The minimum Gasteiger partial charge on any atom is -0.353 e. The topological polar surface area (TPSA) is 49.4 Å². The van der Waals surface area contributed by atoms with E-state index in [2.05, 4.69) is 5.32 Å². The van der Waals surface area contributed by atoms with Crippen molar-refractivity contribution in [2.24, 2.45) is 5.92 Å². The number of alkyl halides is 3. The summed E-state index contributed by atoms with van der Waals surface area (Å²) >= 11 is 0. The average molecular weight is 280 g/mol. The lowest BCUT2D eigenvalue weighted by atomic mass is 9.96. The minimum atomic E-state index is -4.87. The monoisotopic (exact) mass is 280 g/mol. The van der Waals surface area contributed by atoms with Crippen LogP contribution in [0.5, 0.6) is 0 Å². The number of hydrogen-bond acceptors (Lipinski definition) is 2. The molecule has 1 fully saturated rings. The Kier molecular flexibility index (Phi) is 5.20. The molecule has 1 aliphatic heterocycles. The van der Waals surface area contributed by atoms with Gasteiger partial charge >= 0.3 is 12.1 Å². The molecule has 1 rings (SSSR count). The van der Waals surface area contributed by atoms with Crippen LogP contribution in [0.2, 0.25) is 0 Å². The largest absolute Gasteiger partial charge is 0.471 e. The van der Waals surface area contributed by atoms with E-state index in [1.807, 2.05) is 13.8 Å². The van der Waals surface area contributed by atoms with E-state index >= 15 is 0 Å². The molecule has 2 unspecified atom stereocenters. The van der Waals surface area contributed by atoms with Crippen LogP contribution in [0, 0.1) is 5.92 Å². The van der Waals surface area contributed by atoms with Gasteiger partial charge in [0.25, 0.3) is 0 Å². The molecule has 0 aromatic heterocycles. The number of carbonyl (C=O) groups excluding carboxylic acids is 2. The van der Waals surface area contributed by atoms with Crippen LogP contribution < -0.4 is 5.32 Å². The number of carbonyl (C=O) groups is 2. The van der Waals surface area contributed by atoms with Crippen molar-refractivity contribution >= 4 is 11.8 Å². The van der Waals surface area contributed by atoms with Crippen LogP contribution in [-0.2, 0) is 9.59 Å². The maximum absolute atomic E-state index is 12.3. The van der Waals surface area contributed by atoms with Crippen LogP contribution in [0.4, 0.5) is 13.2 Å². The van der Waals surface area contributed by atoms with Gasteiger partial charge in [-0.1, -0.05) is 6.92 Å². The second-order valence-electron chi connectivity index (χ2n) is 4.91. The van der Waals surface area contributed by atoms with E-state index < -0.39 is 18.0 Å². The Labute approximate surface area is 110 Å². The SMILES string of the molecule is CCC(C)NC(=O)C1CCCN(C(=O)C(F)(F)F)C1. The van der Waals surface area contributed by atoms with Gasteiger partial charge in [0.15, 0.2) is 0 Å². The molecule has 7 heteroatoms. The summed E-state index contributed by atoms with van der Waals surface area (Å²) < 4.78 is 37.0. The van der Waals surface area contributed by atoms with Gasteiger partial charge in [-0.25, -0.2) is 0 Å². The van der Waals surface area contributed by atoms with Gasteiger partial charge in [-0.3, -0.25) is 9.59 Å². The molecule has 0 aromatic carbocycles. The molecule has 0 aromatic rings. The highest BCUT2D eigenvalue weighted by Crippen LogP contribution is 2.24. The van der Waals surface area contributed by atoms with Crippen molar-refractivity contribution < 1.29 is 22.8 Å². The van der Waals surface area contributed by atoms with Crippen LogP contribution in [0.1, 0.15) is 33.1 Å². The molecule has 0 aliphatic carbocycles. The molecular weight excluding hydrogens is 261 g/mol. The molecule has 4 nitrogen and oxygen atoms in total. The molecule has 1 aliphatic rings. The first-order chi connectivity index (χ1) is 8.75. The zero-order valence-electron chi connectivity index (χ0n) is 11.1. The zero-order valence-corrected chi connectivity index (χ0v) is 11.1. The van der Waals surface area contributed by atoms with E-state index in [1.54, 1.807) is 0 Å². The summed E-state index contributed by atoms with van der Waals surface area (Å²) in [6, 6.07) is -0.0128. The van der Waals surface area contributed by atoms with Gasteiger partial charge < -0.3 is 10.2 Å². The summed E-state index contributed by atoms with van der Waals surface area (Å²) in [7, 11) is 0. The van der Waals surface area contributed by atoms with Gasteiger partial charge in [-0.15, -0.1) is 0 Å². The second-order valence-corrected chi connectivity index (χ2v) is 4.91. The quantitative estimate of drug-likeness (QED) is 0.855. The molecular formula is C12H19F3N2O2. The van der Waals surface area contributed by atoms with E-state index in [0.29, 0.717) is 12.8 Å². The third kappa shape index (κ3) is 4.40. The molecule has 2 amide bonds. The van der Waals surface area contributed by atoms with Crippen LogP contribution in [-0.4, -0.2) is 42.0 Å². The predicted octanol–water partition coefficient (Wildman–Crippen LogP) is 1.70. The number of piperidine rings is 1. The highest BCUT2D eigenvalue weighted by atomic mass is 19.4. The summed E-state index contributed by atoms with van der Waals surface area (Å²) in [4.78, 5) is 23.7. The first-order valence-corrected chi connectivity index (χ1v) is 6.42. The molecule has 0 bridgehead atoms. The summed E-state index contributed by atoms with van der Waals surface area (Å²) in [6.07, 6.45) is -3.18. The standard InChI is InChI=1S/C12H19F3N2O2/c1-3-8(2)16-10(18)9-5-4-6-17(7-9)11(19)12(13,14)15/h8-9H,3-7H2,1-2H3,(H,16,18). The number of nitrogens with zero attached hydrogens (tertiary/aromatic N) is 1.